The lowest BCUT2D eigenvalue weighted by molar-refractivity contribution is -0.384. The van der Waals surface area contributed by atoms with Crippen LogP contribution in [0.3, 0.4) is 0 Å². The molecule has 0 saturated heterocycles. The quantitative estimate of drug-likeness (QED) is 0.371. The Hall–Kier alpha value is -2.64. The second kappa shape index (κ2) is 7.57. The smallest absolute Gasteiger partial charge is 0.270 e. The number of hydrogen-bond acceptors (Lipinski definition) is 5. The second-order valence-electron chi connectivity index (χ2n) is 4.28. The molecular formula is C14H10Cl2N4O3. The molecule has 0 aromatic heterocycles. The van der Waals surface area contributed by atoms with E-state index in [0.717, 1.165) is 6.34 Å². The Morgan fingerprint density at radius 1 is 1.17 bits per heavy atom. The lowest BCUT2D eigenvalue weighted by Crippen LogP contribution is -2.22. The van der Waals surface area contributed by atoms with Crippen LogP contribution < -0.4 is 10.7 Å². The Balaban J connectivity index is 1.94. The maximum absolute atomic E-state index is 11.8. The van der Waals surface area contributed by atoms with Crippen molar-refractivity contribution < 1.29 is 9.72 Å². The topological polar surface area (TPSA) is 96.6 Å². The summed E-state index contributed by atoms with van der Waals surface area (Å²) >= 11 is 11.6. The van der Waals surface area contributed by atoms with E-state index in [2.05, 4.69) is 15.8 Å². The van der Waals surface area contributed by atoms with Crippen LogP contribution in [0.1, 0.15) is 10.4 Å². The Labute approximate surface area is 141 Å². The molecule has 2 N–H and O–H groups in total. The average molecular weight is 353 g/mol. The number of amides is 1. The summed E-state index contributed by atoms with van der Waals surface area (Å²) in [5, 5.41) is 17.6. The lowest BCUT2D eigenvalue weighted by atomic mass is 10.2. The highest BCUT2D eigenvalue weighted by Gasteiger charge is 2.10. The molecule has 9 heteroatoms. The first-order chi connectivity index (χ1) is 11.0. The molecule has 0 bridgehead atoms. The third-order valence-electron chi connectivity index (χ3n) is 2.69. The van der Waals surface area contributed by atoms with Gasteiger partial charge in [0, 0.05) is 17.7 Å². The number of carbonyl (C=O) groups is 1. The van der Waals surface area contributed by atoms with Crippen molar-refractivity contribution in [1.29, 1.82) is 0 Å². The minimum atomic E-state index is -0.573. The molecule has 0 aliphatic heterocycles. The zero-order chi connectivity index (χ0) is 16.8. The van der Waals surface area contributed by atoms with Crippen LogP contribution in [0.25, 0.3) is 0 Å². The number of halogens is 2. The van der Waals surface area contributed by atoms with E-state index in [1.807, 2.05) is 0 Å². The molecular weight excluding hydrogens is 343 g/mol. The zero-order valence-corrected chi connectivity index (χ0v) is 13.0. The molecule has 118 valence electrons. The van der Waals surface area contributed by atoms with Crippen LogP contribution in [-0.4, -0.2) is 17.2 Å². The first-order valence-electron chi connectivity index (χ1n) is 6.25. The highest BCUT2D eigenvalue weighted by molar-refractivity contribution is 6.42. The molecule has 2 aromatic rings. The van der Waals surface area contributed by atoms with Gasteiger partial charge in [-0.3, -0.25) is 20.3 Å². The van der Waals surface area contributed by atoms with E-state index >= 15 is 0 Å². The van der Waals surface area contributed by atoms with Gasteiger partial charge in [-0.1, -0.05) is 29.3 Å². The summed E-state index contributed by atoms with van der Waals surface area (Å²) in [4.78, 5) is 21.9. The number of nitro benzene ring substituents is 1. The van der Waals surface area contributed by atoms with E-state index in [9.17, 15) is 14.9 Å². The summed E-state index contributed by atoms with van der Waals surface area (Å²) in [5.41, 5.74) is 3.23. The maximum atomic E-state index is 11.8. The number of non-ortho nitro benzene ring substituents is 1. The number of rotatable bonds is 5. The van der Waals surface area contributed by atoms with Crippen LogP contribution in [0.5, 0.6) is 0 Å². The standard InChI is InChI=1S/C14H10Cl2N4O3/c15-12-5-4-10(7-13(12)16)19-18-8-17-14(21)9-2-1-3-11(6-9)20(22)23/h1-8,19H,(H,17,18,21). The monoisotopic (exact) mass is 352 g/mol. The van der Waals surface area contributed by atoms with Gasteiger partial charge in [-0.15, -0.1) is 0 Å². The van der Waals surface area contributed by atoms with Crippen molar-refractivity contribution in [2.75, 3.05) is 5.43 Å². The van der Waals surface area contributed by atoms with Crippen LogP contribution in [0.15, 0.2) is 47.6 Å². The first-order valence-corrected chi connectivity index (χ1v) is 7.01. The largest absolute Gasteiger partial charge is 0.311 e. The van der Waals surface area contributed by atoms with Gasteiger partial charge in [-0.25, -0.2) is 0 Å². The van der Waals surface area contributed by atoms with Crippen LogP contribution in [0, 0.1) is 10.1 Å². The Kier molecular flexibility index (Phi) is 5.51. The summed E-state index contributed by atoms with van der Waals surface area (Å²) in [6.45, 7) is 0. The number of nitrogens with zero attached hydrogens (tertiary/aromatic N) is 2. The fourth-order valence-electron chi connectivity index (χ4n) is 1.61. The third-order valence-corrected chi connectivity index (χ3v) is 3.43. The van der Waals surface area contributed by atoms with Crippen molar-refractivity contribution in [3.05, 3.63) is 68.2 Å². The number of anilines is 1. The van der Waals surface area contributed by atoms with Crippen LogP contribution >= 0.6 is 23.2 Å². The number of hydrogen-bond donors (Lipinski definition) is 2. The van der Waals surface area contributed by atoms with Gasteiger partial charge in [-0.05, 0) is 24.3 Å². The van der Waals surface area contributed by atoms with Crippen LogP contribution in [0.4, 0.5) is 11.4 Å². The van der Waals surface area contributed by atoms with Gasteiger partial charge < -0.3 is 5.32 Å². The van der Waals surface area contributed by atoms with Gasteiger partial charge in [-0.2, -0.15) is 5.10 Å². The molecule has 0 heterocycles. The summed E-state index contributed by atoms with van der Waals surface area (Å²) in [6, 6.07) is 10.2. The van der Waals surface area contributed by atoms with Crippen LogP contribution in [-0.2, 0) is 0 Å². The number of carbonyl (C=O) groups excluding carboxylic acids is 1. The van der Waals surface area contributed by atoms with Gasteiger partial charge in [0.15, 0.2) is 0 Å². The Morgan fingerprint density at radius 3 is 2.65 bits per heavy atom. The van der Waals surface area contributed by atoms with Crippen molar-refractivity contribution in [2.45, 2.75) is 0 Å². The average Bonchev–Trinajstić information content (AvgIpc) is 2.54. The molecule has 0 atom stereocenters. The number of nitro groups is 1. The fraction of sp³-hybridized carbons (Fsp3) is 0. The van der Waals surface area contributed by atoms with Crippen molar-refractivity contribution in [3.8, 4) is 0 Å². The normalized spacial score (nSPS) is 10.5. The first kappa shape index (κ1) is 16.7. The minimum Gasteiger partial charge on any atom is -0.311 e. The van der Waals surface area contributed by atoms with Crippen molar-refractivity contribution in [2.24, 2.45) is 5.10 Å². The highest BCUT2D eigenvalue weighted by atomic mass is 35.5. The number of benzene rings is 2. The van der Waals surface area contributed by atoms with Gasteiger partial charge >= 0.3 is 0 Å². The summed E-state index contributed by atoms with van der Waals surface area (Å²) in [7, 11) is 0. The number of hydrazone groups is 1. The van der Waals surface area contributed by atoms with Gasteiger partial charge in [0.2, 0.25) is 0 Å². The van der Waals surface area contributed by atoms with E-state index in [1.54, 1.807) is 18.2 Å². The van der Waals surface area contributed by atoms with Gasteiger partial charge in [0.05, 0.1) is 20.7 Å². The molecule has 7 nitrogen and oxygen atoms in total. The molecule has 23 heavy (non-hydrogen) atoms. The summed E-state index contributed by atoms with van der Waals surface area (Å²) in [5.74, 6) is -0.520. The molecule has 0 aliphatic rings. The molecule has 1 amide bonds. The van der Waals surface area contributed by atoms with Gasteiger partial charge in [0.25, 0.3) is 11.6 Å². The molecule has 0 aliphatic carbocycles. The third kappa shape index (κ3) is 4.67. The maximum Gasteiger partial charge on any atom is 0.270 e. The van der Waals surface area contributed by atoms with Crippen molar-refractivity contribution in [1.82, 2.24) is 5.32 Å². The van der Waals surface area contributed by atoms with E-state index in [4.69, 9.17) is 23.2 Å². The minimum absolute atomic E-state index is 0.153. The summed E-state index contributed by atoms with van der Waals surface area (Å²) < 4.78 is 0. The second-order valence-corrected chi connectivity index (χ2v) is 5.09. The molecule has 0 saturated carbocycles. The predicted octanol–water partition coefficient (Wildman–Crippen LogP) is 3.69. The molecule has 2 rings (SSSR count). The van der Waals surface area contributed by atoms with E-state index in [0.29, 0.717) is 15.7 Å². The molecule has 0 spiro atoms. The molecule has 0 unspecified atom stereocenters. The van der Waals surface area contributed by atoms with Gasteiger partial charge in [0.1, 0.15) is 6.34 Å². The Morgan fingerprint density at radius 2 is 1.96 bits per heavy atom. The molecule has 2 aromatic carbocycles. The lowest BCUT2D eigenvalue weighted by Gasteiger charge is -2.02. The molecule has 0 fully saturated rings. The fourth-order valence-corrected chi connectivity index (χ4v) is 1.91. The van der Waals surface area contributed by atoms with Crippen molar-refractivity contribution >= 4 is 46.8 Å². The highest BCUT2D eigenvalue weighted by Crippen LogP contribution is 2.24. The predicted molar refractivity (Wildman–Crippen MR) is 89.1 cm³/mol. The summed E-state index contributed by atoms with van der Waals surface area (Å²) in [6.07, 6.45) is 1.13. The molecule has 0 radical (unpaired) electrons. The van der Waals surface area contributed by atoms with E-state index < -0.39 is 10.8 Å². The Bertz CT molecular complexity index is 780. The van der Waals surface area contributed by atoms with Crippen LogP contribution in [0.2, 0.25) is 10.0 Å². The zero-order valence-electron chi connectivity index (χ0n) is 11.5. The number of nitrogens with one attached hydrogen (secondary N) is 2. The van der Waals surface area contributed by atoms with Crippen molar-refractivity contribution in [3.63, 3.8) is 0 Å². The van der Waals surface area contributed by atoms with E-state index in [1.165, 1.54) is 24.3 Å². The SMILES string of the molecule is O=C(N/C=N/Nc1ccc(Cl)c(Cl)c1)c1cccc([N+](=O)[O-])c1. The van der Waals surface area contributed by atoms with E-state index in [-0.39, 0.29) is 11.3 Å².